The molecule has 6 heteroatoms. The minimum absolute atomic E-state index is 0.308. The Bertz CT molecular complexity index is 377. The van der Waals surface area contributed by atoms with Crippen LogP contribution in [0.15, 0.2) is 0 Å². The van der Waals surface area contributed by atoms with Gasteiger partial charge in [-0.25, -0.2) is 4.79 Å². The van der Waals surface area contributed by atoms with E-state index in [2.05, 4.69) is 14.6 Å². The van der Waals surface area contributed by atoms with Gasteiger partial charge in [-0.1, -0.05) is 0 Å². The molecule has 0 amide bonds. The number of nitrogens with one attached hydrogen (secondary N) is 1. The molecule has 0 saturated carbocycles. The number of carboxylic acid groups (broad SMARTS) is 1. The summed E-state index contributed by atoms with van der Waals surface area (Å²) in [5.74, 6) is -0.910. The average molecular weight is 257 g/mol. The summed E-state index contributed by atoms with van der Waals surface area (Å²) in [6.45, 7) is 3.56. The zero-order valence-electron chi connectivity index (χ0n) is 10.5. The maximum Gasteiger partial charge on any atom is 0.340 e. The molecule has 1 aromatic rings. The van der Waals surface area contributed by atoms with Crippen LogP contribution in [-0.2, 0) is 0 Å². The number of carboxylic acids is 1. The molecule has 0 saturated heterocycles. The van der Waals surface area contributed by atoms with Crippen LogP contribution >= 0.6 is 11.5 Å². The summed E-state index contributed by atoms with van der Waals surface area (Å²) in [6.07, 6.45) is 2.12. The summed E-state index contributed by atoms with van der Waals surface area (Å²) in [5.41, 5.74) is 0.890. The van der Waals surface area contributed by atoms with E-state index in [0.717, 1.165) is 25.9 Å². The number of hydrogen-bond donors (Lipinski definition) is 2. The van der Waals surface area contributed by atoms with Crippen molar-refractivity contribution in [2.24, 2.45) is 0 Å². The number of aromatic carboxylic acids is 1. The molecule has 0 fully saturated rings. The standard InChI is InChI=1S/C11H19N3O2S/c1-8-9(11(15)16)10(17-13-8)12-6-4-5-7-14(2)3/h12H,4-7H2,1-3H3,(H,15,16). The van der Waals surface area contributed by atoms with Crippen LogP contribution in [0.25, 0.3) is 0 Å². The molecular weight excluding hydrogens is 238 g/mol. The first kappa shape index (κ1) is 13.9. The second-order valence-electron chi connectivity index (χ2n) is 4.21. The van der Waals surface area contributed by atoms with Gasteiger partial charge in [0.05, 0.1) is 5.69 Å². The molecule has 0 aliphatic rings. The van der Waals surface area contributed by atoms with E-state index in [1.54, 1.807) is 6.92 Å². The fourth-order valence-corrected chi connectivity index (χ4v) is 2.31. The van der Waals surface area contributed by atoms with Crippen molar-refractivity contribution in [2.75, 3.05) is 32.5 Å². The van der Waals surface area contributed by atoms with E-state index in [1.165, 1.54) is 11.5 Å². The van der Waals surface area contributed by atoms with Gasteiger partial charge in [0, 0.05) is 6.54 Å². The molecule has 17 heavy (non-hydrogen) atoms. The van der Waals surface area contributed by atoms with E-state index in [1.807, 2.05) is 14.1 Å². The fourth-order valence-electron chi connectivity index (χ4n) is 1.50. The van der Waals surface area contributed by atoms with Crippen molar-refractivity contribution < 1.29 is 9.90 Å². The van der Waals surface area contributed by atoms with Crippen molar-refractivity contribution in [1.82, 2.24) is 9.27 Å². The van der Waals surface area contributed by atoms with E-state index in [4.69, 9.17) is 5.11 Å². The first-order valence-corrected chi connectivity index (χ1v) is 6.38. The SMILES string of the molecule is Cc1nsc(NCCCCN(C)C)c1C(=O)O. The van der Waals surface area contributed by atoms with Gasteiger partial charge in [0.15, 0.2) is 0 Å². The Morgan fingerprint density at radius 3 is 2.76 bits per heavy atom. The molecular formula is C11H19N3O2S. The van der Waals surface area contributed by atoms with Crippen molar-refractivity contribution in [3.8, 4) is 0 Å². The molecule has 96 valence electrons. The summed E-state index contributed by atoms with van der Waals surface area (Å²) in [6, 6.07) is 0. The Labute approximate surface area is 106 Å². The van der Waals surface area contributed by atoms with Crippen LogP contribution < -0.4 is 5.32 Å². The first-order valence-electron chi connectivity index (χ1n) is 5.60. The number of unbranched alkanes of at least 4 members (excludes halogenated alkanes) is 1. The monoisotopic (exact) mass is 257 g/mol. The van der Waals surface area contributed by atoms with Crippen LogP contribution in [0.4, 0.5) is 5.00 Å². The molecule has 1 heterocycles. The molecule has 0 aromatic carbocycles. The molecule has 0 aliphatic heterocycles. The lowest BCUT2D eigenvalue weighted by Crippen LogP contribution is -2.14. The highest BCUT2D eigenvalue weighted by Gasteiger charge is 2.16. The predicted molar refractivity (Wildman–Crippen MR) is 70.1 cm³/mol. The van der Waals surface area contributed by atoms with Crippen LogP contribution in [0.5, 0.6) is 0 Å². The lowest BCUT2D eigenvalue weighted by molar-refractivity contribution is 0.0697. The van der Waals surface area contributed by atoms with Crippen LogP contribution in [0.3, 0.4) is 0 Å². The normalized spacial score (nSPS) is 10.8. The van der Waals surface area contributed by atoms with Gasteiger partial charge in [-0.2, -0.15) is 4.37 Å². The summed E-state index contributed by atoms with van der Waals surface area (Å²) in [7, 11) is 4.09. The van der Waals surface area contributed by atoms with Crippen molar-refractivity contribution in [2.45, 2.75) is 19.8 Å². The van der Waals surface area contributed by atoms with Crippen LogP contribution in [0.1, 0.15) is 28.9 Å². The number of hydrogen-bond acceptors (Lipinski definition) is 5. The van der Waals surface area contributed by atoms with Gasteiger partial charge >= 0.3 is 5.97 Å². The molecule has 0 radical (unpaired) electrons. The molecule has 5 nitrogen and oxygen atoms in total. The molecule has 1 aromatic heterocycles. The van der Waals surface area contributed by atoms with Gasteiger partial charge < -0.3 is 15.3 Å². The van der Waals surface area contributed by atoms with Crippen molar-refractivity contribution in [1.29, 1.82) is 0 Å². The third-order valence-electron chi connectivity index (χ3n) is 2.39. The molecule has 2 N–H and O–H groups in total. The number of rotatable bonds is 7. The minimum Gasteiger partial charge on any atom is -0.478 e. The Kier molecular flexibility index (Phi) is 5.37. The maximum atomic E-state index is 11.0. The van der Waals surface area contributed by atoms with Gasteiger partial charge in [0.25, 0.3) is 0 Å². The number of aryl methyl sites for hydroxylation is 1. The highest BCUT2D eigenvalue weighted by atomic mass is 32.1. The largest absolute Gasteiger partial charge is 0.478 e. The van der Waals surface area contributed by atoms with E-state index in [-0.39, 0.29) is 0 Å². The van der Waals surface area contributed by atoms with Crippen molar-refractivity contribution in [3.63, 3.8) is 0 Å². The number of anilines is 1. The zero-order valence-corrected chi connectivity index (χ0v) is 11.3. The molecule has 0 spiro atoms. The van der Waals surface area contributed by atoms with Crippen LogP contribution in [0.2, 0.25) is 0 Å². The lowest BCUT2D eigenvalue weighted by atomic mass is 10.2. The highest BCUT2D eigenvalue weighted by molar-refractivity contribution is 7.10. The predicted octanol–water partition coefficient (Wildman–Crippen LogP) is 1.90. The van der Waals surface area contributed by atoms with E-state index in [9.17, 15) is 4.79 Å². The Hall–Kier alpha value is -1.14. The van der Waals surface area contributed by atoms with Gasteiger partial charge in [-0.15, -0.1) is 0 Å². The Morgan fingerprint density at radius 1 is 1.47 bits per heavy atom. The number of aromatic nitrogens is 1. The van der Waals surface area contributed by atoms with Crippen LogP contribution in [0, 0.1) is 6.92 Å². The molecule has 1 rings (SSSR count). The number of nitrogens with zero attached hydrogens (tertiary/aromatic N) is 2. The molecule has 0 atom stereocenters. The Balaban J connectivity index is 2.39. The van der Waals surface area contributed by atoms with E-state index >= 15 is 0 Å². The smallest absolute Gasteiger partial charge is 0.340 e. The van der Waals surface area contributed by atoms with Crippen molar-refractivity contribution in [3.05, 3.63) is 11.3 Å². The van der Waals surface area contributed by atoms with Crippen LogP contribution in [-0.4, -0.2) is 47.5 Å². The quantitative estimate of drug-likeness (QED) is 0.730. The summed E-state index contributed by atoms with van der Waals surface area (Å²) in [4.78, 5) is 13.1. The van der Waals surface area contributed by atoms with E-state index in [0.29, 0.717) is 16.3 Å². The number of carbonyl (C=O) groups is 1. The summed E-state index contributed by atoms with van der Waals surface area (Å²) in [5, 5.41) is 12.8. The highest BCUT2D eigenvalue weighted by Crippen LogP contribution is 2.24. The maximum absolute atomic E-state index is 11.0. The second-order valence-corrected chi connectivity index (χ2v) is 4.99. The third-order valence-corrected chi connectivity index (χ3v) is 3.29. The van der Waals surface area contributed by atoms with Gasteiger partial charge in [-0.05, 0) is 51.9 Å². The Morgan fingerprint density at radius 2 is 2.18 bits per heavy atom. The summed E-state index contributed by atoms with van der Waals surface area (Å²) >= 11 is 1.22. The third kappa shape index (κ3) is 4.32. The topological polar surface area (TPSA) is 65.5 Å². The summed E-state index contributed by atoms with van der Waals surface area (Å²) < 4.78 is 4.06. The van der Waals surface area contributed by atoms with Crippen molar-refractivity contribution >= 4 is 22.5 Å². The van der Waals surface area contributed by atoms with Gasteiger partial charge in [0.1, 0.15) is 10.6 Å². The lowest BCUT2D eigenvalue weighted by Gasteiger charge is -2.09. The van der Waals surface area contributed by atoms with E-state index < -0.39 is 5.97 Å². The average Bonchev–Trinajstić information content (AvgIpc) is 2.59. The molecule has 0 aliphatic carbocycles. The van der Waals surface area contributed by atoms with Gasteiger partial charge in [-0.3, -0.25) is 0 Å². The first-order chi connectivity index (χ1) is 8.02. The second kappa shape index (κ2) is 6.56. The molecule has 0 unspecified atom stereocenters. The van der Waals surface area contributed by atoms with Gasteiger partial charge in [0.2, 0.25) is 0 Å². The zero-order chi connectivity index (χ0) is 12.8. The fraction of sp³-hybridized carbons (Fsp3) is 0.636. The molecule has 0 bridgehead atoms. The minimum atomic E-state index is -0.910.